The molecule has 0 amide bonds. The molecule has 8 N–H and O–H groups in total. The van der Waals surface area contributed by atoms with E-state index in [0.717, 1.165) is 0 Å². The van der Waals surface area contributed by atoms with Gasteiger partial charge in [0.25, 0.3) is 0 Å². The van der Waals surface area contributed by atoms with Gasteiger partial charge in [-0.15, -0.1) is 0 Å². The highest BCUT2D eigenvalue weighted by atomic mass is 16.5. The van der Waals surface area contributed by atoms with E-state index in [-0.39, 0.29) is 26.0 Å². The number of hydrogen-bond acceptors (Lipinski definition) is 8. The van der Waals surface area contributed by atoms with Gasteiger partial charge >= 0.3 is 17.9 Å². The molecular formula is C10H20N2O8. The summed E-state index contributed by atoms with van der Waals surface area (Å²) in [5.74, 6) is -2.79. The first-order valence-corrected chi connectivity index (χ1v) is 5.59. The number of nitrogens with two attached hydrogens (primary N) is 2. The maximum absolute atomic E-state index is 10.3. The van der Waals surface area contributed by atoms with Crippen LogP contribution >= 0.6 is 0 Å². The van der Waals surface area contributed by atoms with Gasteiger partial charge in [0, 0.05) is 6.42 Å². The molecule has 2 atom stereocenters. The van der Waals surface area contributed by atoms with Crippen LogP contribution in [0.3, 0.4) is 0 Å². The molecule has 0 radical (unpaired) electrons. The number of carbonyl (C=O) groups excluding carboxylic acids is 1. The van der Waals surface area contributed by atoms with Crippen LogP contribution in [0, 0.1) is 0 Å². The standard InChI is InChI=1S/C5H11NO4.C5H9NO4/c6-1-5(9)10-3-4(8)2-7;6-3(5(9)10)1-2-4(7)8/h4,7-8H,1-3,6H2;3H,1-2,6H2,(H,7,8)(H,9,10)/t;3-/m.0/s1. The largest absolute Gasteiger partial charge is 0.481 e. The van der Waals surface area contributed by atoms with Crippen LogP contribution in [0.2, 0.25) is 0 Å². The molecule has 0 rings (SSSR count). The second-order valence-electron chi connectivity index (χ2n) is 3.60. The Bertz CT molecular complexity index is 310. The number of aliphatic carboxylic acids is 2. The third-order valence-electron chi connectivity index (χ3n) is 1.80. The molecule has 20 heavy (non-hydrogen) atoms. The van der Waals surface area contributed by atoms with Crippen LogP contribution in [-0.4, -0.2) is 70.2 Å². The molecule has 10 heteroatoms. The van der Waals surface area contributed by atoms with Crippen molar-refractivity contribution in [2.45, 2.75) is 25.0 Å². The van der Waals surface area contributed by atoms with Gasteiger partial charge in [-0.3, -0.25) is 14.4 Å². The summed E-state index contributed by atoms with van der Waals surface area (Å²) in [6, 6.07) is -1.06. The topological polar surface area (TPSA) is 193 Å². The number of esters is 1. The van der Waals surface area contributed by atoms with Gasteiger partial charge in [-0.1, -0.05) is 0 Å². The maximum Gasteiger partial charge on any atom is 0.320 e. The quantitative estimate of drug-likeness (QED) is 0.253. The predicted molar refractivity (Wildman–Crippen MR) is 65.6 cm³/mol. The highest BCUT2D eigenvalue weighted by molar-refractivity contribution is 5.74. The third kappa shape index (κ3) is 14.3. The minimum absolute atomic E-state index is 0.0231. The van der Waals surface area contributed by atoms with E-state index in [1.807, 2.05) is 0 Å². The smallest absolute Gasteiger partial charge is 0.320 e. The van der Waals surface area contributed by atoms with Crippen molar-refractivity contribution >= 4 is 17.9 Å². The highest BCUT2D eigenvalue weighted by Gasteiger charge is 2.12. The molecule has 118 valence electrons. The Kier molecular flexibility index (Phi) is 12.6. The zero-order valence-corrected chi connectivity index (χ0v) is 10.8. The number of aliphatic hydroxyl groups is 2. The molecule has 0 heterocycles. The zero-order chi connectivity index (χ0) is 16.1. The predicted octanol–water partition coefficient (Wildman–Crippen LogP) is -2.90. The monoisotopic (exact) mass is 296 g/mol. The number of aliphatic hydroxyl groups excluding tert-OH is 2. The fourth-order valence-electron chi connectivity index (χ4n) is 0.703. The summed E-state index contributed by atoms with van der Waals surface area (Å²) in [7, 11) is 0. The van der Waals surface area contributed by atoms with E-state index in [4.69, 9.17) is 31.9 Å². The second kappa shape index (κ2) is 12.3. The maximum atomic E-state index is 10.3. The first kappa shape index (κ1) is 20.6. The van der Waals surface area contributed by atoms with Crippen molar-refractivity contribution in [2.24, 2.45) is 11.5 Å². The van der Waals surface area contributed by atoms with Crippen molar-refractivity contribution < 1.29 is 39.5 Å². The lowest BCUT2D eigenvalue weighted by Gasteiger charge is -2.06. The molecule has 0 aliphatic carbocycles. The van der Waals surface area contributed by atoms with Crippen LogP contribution in [0.4, 0.5) is 0 Å². The van der Waals surface area contributed by atoms with Crippen molar-refractivity contribution in [3.63, 3.8) is 0 Å². The third-order valence-corrected chi connectivity index (χ3v) is 1.80. The summed E-state index contributed by atoms with van der Waals surface area (Å²) in [5, 5.41) is 33.2. The zero-order valence-electron chi connectivity index (χ0n) is 10.8. The second-order valence-corrected chi connectivity index (χ2v) is 3.60. The van der Waals surface area contributed by atoms with Gasteiger partial charge in [-0.2, -0.15) is 0 Å². The van der Waals surface area contributed by atoms with Gasteiger partial charge in [0.2, 0.25) is 0 Å². The van der Waals surface area contributed by atoms with Crippen molar-refractivity contribution in [1.82, 2.24) is 0 Å². The van der Waals surface area contributed by atoms with Crippen molar-refractivity contribution in [3.8, 4) is 0 Å². The van der Waals surface area contributed by atoms with E-state index in [1.54, 1.807) is 0 Å². The molecule has 0 aromatic heterocycles. The van der Waals surface area contributed by atoms with E-state index >= 15 is 0 Å². The van der Waals surface area contributed by atoms with Gasteiger partial charge in [-0.05, 0) is 6.42 Å². The molecule has 0 aromatic rings. The summed E-state index contributed by atoms with van der Waals surface area (Å²) in [5.41, 5.74) is 9.88. The summed E-state index contributed by atoms with van der Waals surface area (Å²) in [6.07, 6.45) is -1.23. The Hall–Kier alpha value is -1.75. The number of carboxylic acids is 2. The van der Waals surface area contributed by atoms with Crippen LogP contribution in [-0.2, 0) is 19.1 Å². The van der Waals surface area contributed by atoms with Gasteiger partial charge < -0.3 is 36.6 Å². The molecule has 0 spiro atoms. The van der Waals surface area contributed by atoms with E-state index in [2.05, 4.69) is 4.74 Å². The lowest BCUT2D eigenvalue weighted by Crippen LogP contribution is -2.30. The molecule has 0 fully saturated rings. The van der Waals surface area contributed by atoms with Crippen LogP contribution in [0.1, 0.15) is 12.8 Å². The van der Waals surface area contributed by atoms with Gasteiger partial charge in [0.05, 0.1) is 13.2 Å². The number of carbonyl (C=O) groups is 3. The lowest BCUT2D eigenvalue weighted by molar-refractivity contribution is -0.145. The number of rotatable bonds is 8. The van der Waals surface area contributed by atoms with E-state index in [0.29, 0.717) is 0 Å². The summed E-state index contributed by atoms with van der Waals surface area (Å²) < 4.78 is 4.37. The SMILES string of the molecule is NCC(=O)OCC(O)CO.N[C@@H](CCC(=O)O)C(=O)O. The fraction of sp³-hybridized carbons (Fsp3) is 0.700. The minimum atomic E-state index is -1.17. The highest BCUT2D eigenvalue weighted by Crippen LogP contribution is 1.93. The molecule has 0 aliphatic heterocycles. The molecule has 0 aliphatic rings. The average molecular weight is 296 g/mol. The molecule has 0 saturated carbocycles. The Morgan fingerprint density at radius 2 is 1.75 bits per heavy atom. The normalized spacial score (nSPS) is 12.6. The lowest BCUT2D eigenvalue weighted by atomic mass is 10.2. The Morgan fingerprint density at radius 1 is 1.20 bits per heavy atom. The van der Waals surface area contributed by atoms with Gasteiger partial charge in [0.1, 0.15) is 18.8 Å². The van der Waals surface area contributed by atoms with Crippen LogP contribution in [0.15, 0.2) is 0 Å². The first-order chi connectivity index (χ1) is 9.24. The van der Waals surface area contributed by atoms with Gasteiger partial charge in [-0.25, -0.2) is 0 Å². The van der Waals surface area contributed by atoms with E-state index < -0.39 is 36.7 Å². The van der Waals surface area contributed by atoms with E-state index in [1.165, 1.54) is 0 Å². The van der Waals surface area contributed by atoms with Crippen molar-refractivity contribution in [2.75, 3.05) is 19.8 Å². The first-order valence-electron chi connectivity index (χ1n) is 5.59. The molecule has 10 nitrogen and oxygen atoms in total. The Morgan fingerprint density at radius 3 is 2.10 bits per heavy atom. The van der Waals surface area contributed by atoms with Crippen molar-refractivity contribution in [3.05, 3.63) is 0 Å². The Labute approximate surface area is 114 Å². The summed E-state index contributed by atoms with van der Waals surface area (Å²) in [6.45, 7) is -0.831. The molecular weight excluding hydrogens is 276 g/mol. The number of carboxylic acid groups (broad SMARTS) is 2. The Balaban J connectivity index is 0. The summed E-state index contributed by atoms with van der Waals surface area (Å²) in [4.78, 5) is 30.2. The van der Waals surface area contributed by atoms with Crippen LogP contribution in [0.25, 0.3) is 0 Å². The molecule has 0 saturated heterocycles. The van der Waals surface area contributed by atoms with Crippen LogP contribution < -0.4 is 11.5 Å². The minimum Gasteiger partial charge on any atom is -0.481 e. The van der Waals surface area contributed by atoms with E-state index in [9.17, 15) is 14.4 Å². The van der Waals surface area contributed by atoms with Crippen LogP contribution in [0.5, 0.6) is 0 Å². The molecule has 1 unspecified atom stereocenters. The van der Waals surface area contributed by atoms with Gasteiger partial charge in [0.15, 0.2) is 0 Å². The molecule has 0 aromatic carbocycles. The number of ether oxygens (including phenoxy) is 1. The molecule has 0 bridgehead atoms. The fourth-order valence-corrected chi connectivity index (χ4v) is 0.703. The average Bonchev–Trinajstić information content (AvgIpc) is 2.41. The number of hydrogen-bond donors (Lipinski definition) is 6. The summed E-state index contributed by atoms with van der Waals surface area (Å²) >= 11 is 0. The van der Waals surface area contributed by atoms with Crippen molar-refractivity contribution in [1.29, 1.82) is 0 Å².